The first-order valence-corrected chi connectivity index (χ1v) is 6.05. The Morgan fingerprint density at radius 1 is 1.44 bits per heavy atom. The summed E-state index contributed by atoms with van der Waals surface area (Å²) in [6.45, 7) is 4.30. The quantitative estimate of drug-likeness (QED) is 0.882. The van der Waals surface area contributed by atoms with Gasteiger partial charge in [-0.25, -0.2) is 14.6 Å². The highest BCUT2D eigenvalue weighted by Gasteiger charge is 2.12. The van der Waals surface area contributed by atoms with Gasteiger partial charge in [-0.2, -0.15) is 5.10 Å². The van der Waals surface area contributed by atoms with Crippen LogP contribution in [0.4, 0.5) is 5.13 Å². The SMILES string of the molecule is CC(C)Cc1nc(-c2csc(N)n2)n(C)n1. The summed E-state index contributed by atoms with van der Waals surface area (Å²) in [4.78, 5) is 8.68. The third-order valence-electron chi connectivity index (χ3n) is 2.15. The van der Waals surface area contributed by atoms with Crippen LogP contribution in [0, 0.1) is 5.92 Å². The van der Waals surface area contributed by atoms with Crippen LogP contribution in [0.3, 0.4) is 0 Å². The summed E-state index contributed by atoms with van der Waals surface area (Å²) in [6, 6.07) is 0. The number of nitrogen functional groups attached to an aromatic ring is 1. The second-order valence-electron chi connectivity index (χ2n) is 4.14. The highest BCUT2D eigenvalue weighted by Crippen LogP contribution is 2.21. The molecule has 16 heavy (non-hydrogen) atoms. The van der Waals surface area contributed by atoms with E-state index in [1.165, 1.54) is 11.3 Å². The molecule has 5 nitrogen and oxygen atoms in total. The third-order valence-corrected chi connectivity index (χ3v) is 2.82. The van der Waals surface area contributed by atoms with Gasteiger partial charge in [0.25, 0.3) is 0 Å². The molecule has 0 unspecified atom stereocenters. The van der Waals surface area contributed by atoms with Crippen LogP contribution in [-0.4, -0.2) is 19.7 Å². The number of hydrogen-bond donors (Lipinski definition) is 1. The van der Waals surface area contributed by atoms with Gasteiger partial charge in [-0.3, -0.25) is 0 Å². The Bertz CT molecular complexity index is 485. The lowest BCUT2D eigenvalue weighted by molar-refractivity contribution is 0.613. The summed E-state index contributed by atoms with van der Waals surface area (Å²) >= 11 is 1.42. The zero-order chi connectivity index (χ0) is 11.7. The molecule has 0 aromatic carbocycles. The number of anilines is 1. The lowest BCUT2D eigenvalue weighted by atomic mass is 10.1. The van der Waals surface area contributed by atoms with Crippen LogP contribution >= 0.6 is 11.3 Å². The van der Waals surface area contributed by atoms with Crippen LogP contribution in [0.25, 0.3) is 11.5 Å². The van der Waals surface area contributed by atoms with Gasteiger partial charge in [0, 0.05) is 18.8 Å². The summed E-state index contributed by atoms with van der Waals surface area (Å²) in [6.07, 6.45) is 0.882. The van der Waals surface area contributed by atoms with Gasteiger partial charge >= 0.3 is 0 Å². The molecule has 0 bridgehead atoms. The van der Waals surface area contributed by atoms with E-state index in [2.05, 4.69) is 28.9 Å². The number of hydrogen-bond acceptors (Lipinski definition) is 5. The number of rotatable bonds is 3. The molecule has 2 rings (SSSR count). The largest absolute Gasteiger partial charge is 0.375 e. The van der Waals surface area contributed by atoms with Crippen LogP contribution < -0.4 is 5.73 Å². The van der Waals surface area contributed by atoms with E-state index in [1.807, 2.05) is 12.4 Å². The maximum absolute atomic E-state index is 5.60. The molecule has 0 aliphatic carbocycles. The molecule has 2 aromatic rings. The molecular formula is C10H15N5S. The number of nitrogens with two attached hydrogens (primary N) is 1. The zero-order valence-corrected chi connectivity index (χ0v) is 10.5. The maximum atomic E-state index is 5.60. The Morgan fingerprint density at radius 3 is 2.75 bits per heavy atom. The first-order chi connectivity index (χ1) is 7.56. The molecule has 0 amide bonds. The predicted octanol–water partition coefficient (Wildman–Crippen LogP) is 1.72. The standard InChI is InChI=1S/C10H15N5S/c1-6(2)4-8-13-9(15(3)14-8)7-5-16-10(11)12-7/h5-6H,4H2,1-3H3,(H2,11,12). The fourth-order valence-corrected chi connectivity index (χ4v) is 2.04. The van der Waals surface area contributed by atoms with Crippen molar-refractivity contribution in [3.8, 4) is 11.5 Å². The minimum Gasteiger partial charge on any atom is -0.375 e. The molecule has 0 fully saturated rings. The molecule has 0 saturated heterocycles. The fourth-order valence-electron chi connectivity index (χ4n) is 1.50. The summed E-state index contributed by atoms with van der Waals surface area (Å²) in [7, 11) is 1.88. The second kappa shape index (κ2) is 4.21. The van der Waals surface area contributed by atoms with Crippen molar-refractivity contribution in [2.75, 3.05) is 5.73 Å². The normalized spacial score (nSPS) is 11.2. The monoisotopic (exact) mass is 237 g/mol. The Morgan fingerprint density at radius 2 is 2.19 bits per heavy atom. The molecule has 0 aliphatic rings. The van der Waals surface area contributed by atoms with Gasteiger partial charge in [0.05, 0.1) is 0 Å². The average Bonchev–Trinajstić information content (AvgIpc) is 2.72. The van der Waals surface area contributed by atoms with Crippen molar-refractivity contribution in [2.24, 2.45) is 13.0 Å². The summed E-state index contributed by atoms with van der Waals surface area (Å²) in [5.74, 6) is 2.19. The first-order valence-electron chi connectivity index (χ1n) is 5.17. The fraction of sp³-hybridized carbons (Fsp3) is 0.500. The highest BCUT2D eigenvalue weighted by atomic mass is 32.1. The topological polar surface area (TPSA) is 69.6 Å². The number of aromatic nitrogens is 4. The van der Waals surface area contributed by atoms with E-state index in [4.69, 9.17) is 5.73 Å². The van der Waals surface area contributed by atoms with Crippen LogP contribution in [-0.2, 0) is 13.5 Å². The van der Waals surface area contributed by atoms with E-state index >= 15 is 0 Å². The van der Waals surface area contributed by atoms with E-state index in [9.17, 15) is 0 Å². The molecule has 0 saturated carbocycles. The average molecular weight is 237 g/mol. The second-order valence-corrected chi connectivity index (χ2v) is 5.03. The van der Waals surface area contributed by atoms with Gasteiger partial charge in [0.1, 0.15) is 5.69 Å². The van der Waals surface area contributed by atoms with Crippen molar-refractivity contribution >= 4 is 16.5 Å². The summed E-state index contributed by atoms with van der Waals surface area (Å²) < 4.78 is 1.76. The first kappa shape index (κ1) is 11.1. The van der Waals surface area contributed by atoms with Crippen molar-refractivity contribution in [2.45, 2.75) is 20.3 Å². The summed E-state index contributed by atoms with van der Waals surface area (Å²) in [5.41, 5.74) is 6.40. The Kier molecular flexibility index (Phi) is 2.91. The number of thiazole rings is 1. The van der Waals surface area contributed by atoms with Gasteiger partial charge in [0.15, 0.2) is 16.8 Å². The molecule has 0 aliphatic heterocycles. The molecule has 2 heterocycles. The minimum atomic E-state index is 0.552. The maximum Gasteiger partial charge on any atom is 0.180 e. The number of nitrogens with zero attached hydrogens (tertiary/aromatic N) is 4. The molecule has 0 spiro atoms. The van der Waals surface area contributed by atoms with Crippen LogP contribution in [0.5, 0.6) is 0 Å². The smallest absolute Gasteiger partial charge is 0.180 e. The highest BCUT2D eigenvalue weighted by molar-refractivity contribution is 7.13. The molecule has 86 valence electrons. The van der Waals surface area contributed by atoms with Crippen molar-refractivity contribution in [3.05, 3.63) is 11.2 Å². The van der Waals surface area contributed by atoms with Gasteiger partial charge in [-0.15, -0.1) is 11.3 Å². The third kappa shape index (κ3) is 2.21. The lowest BCUT2D eigenvalue weighted by Gasteiger charge is -1.96. The lowest BCUT2D eigenvalue weighted by Crippen LogP contribution is -1.97. The Labute approximate surface area is 98.3 Å². The van der Waals surface area contributed by atoms with E-state index < -0.39 is 0 Å². The van der Waals surface area contributed by atoms with E-state index in [1.54, 1.807) is 4.68 Å². The van der Waals surface area contributed by atoms with Gasteiger partial charge in [-0.05, 0) is 5.92 Å². The minimum absolute atomic E-state index is 0.552. The van der Waals surface area contributed by atoms with Crippen LogP contribution in [0.15, 0.2) is 5.38 Å². The predicted molar refractivity (Wildman–Crippen MR) is 65.1 cm³/mol. The molecule has 0 atom stereocenters. The summed E-state index contributed by atoms with van der Waals surface area (Å²) in [5, 5.41) is 6.83. The molecule has 6 heteroatoms. The van der Waals surface area contributed by atoms with E-state index in [-0.39, 0.29) is 0 Å². The van der Waals surface area contributed by atoms with Crippen molar-refractivity contribution in [3.63, 3.8) is 0 Å². The van der Waals surface area contributed by atoms with Gasteiger partial charge in [0.2, 0.25) is 0 Å². The van der Waals surface area contributed by atoms with Crippen molar-refractivity contribution in [1.29, 1.82) is 0 Å². The van der Waals surface area contributed by atoms with Gasteiger partial charge < -0.3 is 5.73 Å². The van der Waals surface area contributed by atoms with Crippen molar-refractivity contribution < 1.29 is 0 Å². The Hall–Kier alpha value is -1.43. The molecule has 2 N–H and O–H groups in total. The molecule has 0 radical (unpaired) electrons. The molecule has 2 aromatic heterocycles. The van der Waals surface area contributed by atoms with Crippen LogP contribution in [0.1, 0.15) is 19.7 Å². The zero-order valence-electron chi connectivity index (χ0n) is 9.64. The van der Waals surface area contributed by atoms with Crippen molar-refractivity contribution in [1.82, 2.24) is 19.7 Å². The van der Waals surface area contributed by atoms with Crippen LogP contribution in [0.2, 0.25) is 0 Å². The van der Waals surface area contributed by atoms with E-state index in [0.717, 1.165) is 23.8 Å². The van der Waals surface area contributed by atoms with E-state index in [0.29, 0.717) is 11.0 Å². The number of aryl methyl sites for hydroxylation is 1. The molecular weight excluding hydrogens is 222 g/mol. The van der Waals surface area contributed by atoms with Gasteiger partial charge in [-0.1, -0.05) is 13.8 Å². The Balaban J connectivity index is 2.31.